The van der Waals surface area contributed by atoms with E-state index >= 15 is 0 Å². The predicted octanol–water partition coefficient (Wildman–Crippen LogP) is 3.96. The Labute approximate surface area is 184 Å². The van der Waals surface area contributed by atoms with Crippen LogP contribution in [0.1, 0.15) is 32.8 Å². The zero-order valence-corrected chi connectivity index (χ0v) is 17.8. The largest absolute Gasteiger partial charge is 0.337 e. The molecule has 31 heavy (non-hydrogen) atoms. The standard InChI is InChI=1S/C23H22ClFN4O2/c1-16-20(15-26-29(16)18-7-4-6-17(24)14-18)23(31)28-11-5-10-27(12-13-28)22(30)19-8-2-3-9-21(19)25/h2-4,6-9,14-15H,5,10-13H2,1H3. The first-order valence-electron chi connectivity index (χ1n) is 10.1. The second kappa shape index (κ2) is 8.89. The Kier molecular flexibility index (Phi) is 6.04. The number of halogens is 2. The number of carbonyl (C=O) groups excluding carboxylic acids is 2. The van der Waals surface area contributed by atoms with Gasteiger partial charge in [0.15, 0.2) is 0 Å². The van der Waals surface area contributed by atoms with E-state index in [-0.39, 0.29) is 17.4 Å². The molecule has 0 unspecified atom stereocenters. The van der Waals surface area contributed by atoms with E-state index in [1.807, 2.05) is 19.1 Å². The summed E-state index contributed by atoms with van der Waals surface area (Å²) in [6.07, 6.45) is 2.18. The lowest BCUT2D eigenvalue weighted by Crippen LogP contribution is -2.37. The van der Waals surface area contributed by atoms with E-state index in [0.29, 0.717) is 43.2 Å². The summed E-state index contributed by atoms with van der Waals surface area (Å²) in [4.78, 5) is 29.2. The molecule has 0 bridgehead atoms. The zero-order valence-electron chi connectivity index (χ0n) is 17.1. The molecule has 0 aliphatic carbocycles. The maximum Gasteiger partial charge on any atom is 0.257 e. The van der Waals surface area contributed by atoms with Gasteiger partial charge in [0.05, 0.1) is 28.7 Å². The molecule has 0 spiro atoms. The molecule has 1 saturated heterocycles. The first kappa shape index (κ1) is 21.1. The molecule has 160 valence electrons. The molecule has 8 heteroatoms. The van der Waals surface area contributed by atoms with Gasteiger partial charge in [0.1, 0.15) is 5.82 Å². The Morgan fingerprint density at radius 2 is 1.61 bits per heavy atom. The molecule has 1 aliphatic rings. The Hall–Kier alpha value is -3.19. The third-order valence-corrected chi connectivity index (χ3v) is 5.70. The van der Waals surface area contributed by atoms with Crippen molar-refractivity contribution in [1.82, 2.24) is 19.6 Å². The minimum absolute atomic E-state index is 0.0564. The predicted molar refractivity (Wildman–Crippen MR) is 116 cm³/mol. The molecule has 0 atom stereocenters. The summed E-state index contributed by atoms with van der Waals surface area (Å²) in [5.41, 5.74) is 2.06. The van der Waals surface area contributed by atoms with Gasteiger partial charge in [-0.15, -0.1) is 0 Å². The van der Waals surface area contributed by atoms with E-state index in [1.165, 1.54) is 12.1 Å². The maximum atomic E-state index is 14.0. The zero-order chi connectivity index (χ0) is 22.0. The van der Waals surface area contributed by atoms with Crippen molar-refractivity contribution in [1.29, 1.82) is 0 Å². The summed E-state index contributed by atoms with van der Waals surface area (Å²) in [6.45, 7) is 3.55. The minimum Gasteiger partial charge on any atom is -0.337 e. The van der Waals surface area contributed by atoms with Gasteiger partial charge in [-0.1, -0.05) is 29.8 Å². The van der Waals surface area contributed by atoms with E-state index in [0.717, 1.165) is 11.4 Å². The van der Waals surface area contributed by atoms with Crippen LogP contribution in [0.25, 0.3) is 5.69 Å². The highest BCUT2D eigenvalue weighted by atomic mass is 35.5. The van der Waals surface area contributed by atoms with E-state index < -0.39 is 5.82 Å². The lowest BCUT2D eigenvalue weighted by atomic mass is 10.2. The molecule has 0 radical (unpaired) electrons. The molecular formula is C23H22ClFN4O2. The number of hydrogen-bond acceptors (Lipinski definition) is 3. The van der Waals surface area contributed by atoms with Crippen LogP contribution >= 0.6 is 11.6 Å². The monoisotopic (exact) mass is 440 g/mol. The van der Waals surface area contributed by atoms with Crippen LogP contribution in [0, 0.1) is 12.7 Å². The summed E-state index contributed by atoms with van der Waals surface area (Å²) in [5, 5.41) is 4.95. The van der Waals surface area contributed by atoms with Crippen molar-refractivity contribution >= 4 is 23.4 Å². The third-order valence-electron chi connectivity index (χ3n) is 5.47. The second-order valence-corrected chi connectivity index (χ2v) is 7.89. The van der Waals surface area contributed by atoms with Gasteiger partial charge >= 0.3 is 0 Å². The van der Waals surface area contributed by atoms with Gasteiger partial charge in [0.2, 0.25) is 0 Å². The normalized spacial score (nSPS) is 14.4. The van der Waals surface area contributed by atoms with Crippen LogP contribution in [0.5, 0.6) is 0 Å². The fourth-order valence-electron chi connectivity index (χ4n) is 3.79. The Bertz CT molecular complexity index is 1130. The summed E-state index contributed by atoms with van der Waals surface area (Å²) < 4.78 is 15.7. The van der Waals surface area contributed by atoms with Crippen LogP contribution in [0.4, 0.5) is 4.39 Å². The van der Waals surface area contributed by atoms with Crippen molar-refractivity contribution in [3.8, 4) is 5.69 Å². The summed E-state index contributed by atoms with van der Waals surface area (Å²) in [7, 11) is 0. The van der Waals surface area contributed by atoms with Crippen molar-refractivity contribution in [2.24, 2.45) is 0 Å². The van der Waals surface area contributed by atoms with Gasteiger partial charge in [-0.25, -0.2) is 9.07 Å². The number of amides is 2. The highest BCUT2D eigenvalue weighted by Gasteiger charge is 2.26. The molecule has 2 aromatic carbocycles. The fraction of sp³-hybridized carbons (Fsp3) is 0.261. The Balaban J connectivity index is 1.48. The number of aromatic nitrogens is 2. The van der Waals surface area contributed by atoms with Crippen molar-refractivity contribution in [3.63, 3.8) is 0 Å². The molecule has 2 heterocycles. The number of hydrogen-bond donors (Lipinski definition) is 0. The van der Waals surface area contributed by atoms with Crippen LogP contribution < -0.4 is 0 Å². The summed E-state index contributed by atoms with van der Waals surface area (Å²) in [6, 6.07) is 13.2. The van der Waals surface area contributed by atoms with E-state index in [4.69, 9.17) is 11.6 Å². The van der Waals surface area contributed by atoms with Crippen LogP contribution in [-0.4, -0.2) is 57.6 Å². The van der Waals surface area contributed by atoms with Gasteiger partial charge in [-0.2, -0.15) is 5.10 Å². The van der Waals surface area contributed by atoms with Crippen LogP contribution in [0.15, 0.2) is 54.7 Å². The highest BCUT2D eigenvalue weighted by molar-refractivity contribution is 6.30. The molecule has 3 aromatic rings. The van der Waals surface area contributed by atoms with Crippen molar-refractivity contribution in [2.75, 3.05) is 26.2 Å². The van der Waals surface area contributed by atoms with Crippen molar-refractivity contribution in [2.45, 2.75) is 13.3 Å². The molecule has 6 nitrogen and oxygen atoms in total. The lowest BCUT2D eigenvalue weighted by molar-refractivity contribution is 0.0715. The molecule has 4 rings (SSSR count). The first-order valence-corrected chi connectivity index (χ1v) is 10.5. The molecule has 2 amide bonds. The topological polar surface area (TPSA) is 58.4 Å². The van der Waals surface area contributed by atoms with E-state index in [2.05, 4.69) is 5.10 Å². The average molecular weight is 441 g/mol. The lowest BCUT2D eigenvalue weighted by Gasteiger charge is -2.22. The Morgan fingerprint density at radius 3 is 2.29 bits per heavy atom. The molecule has 1 aliphatic heterocycles. The van der Waals surface area contributed by atoms with Crippen molar-refractivity contribution < 1.29 is 14.0 Å². The second-order valence-electron chi connectivity index (χ2n) is 7.45. The van der Waals surface area contributed by atoms with Crippen LogP contribution in [-0.2, 0) is 0 Å². The first-order chi connectivity index (χ1) is 15.0. The fourth-order valence-corrected chi connectivity index (χ4v) is 3.97. The highest BCUT2D eigenvalue weighted by Crippen LogP contribution is 2.20. The average Bonchev–Trinajstić information content (AvgIpc) is 2.98. The number of carbonyl (C=O) groups is 2. The molecular weight excluding hydrogens is 419 g/mol. The van der Waals surface area contributed by atoms with Crippen LogP contribution in [0.3, 0.4) is 0 Å². The quantitative estimate of drug-likeness (QED) is 0.619. The van der Waals surface area contributed by atoms with E-state index in [9.17, 15) is 14.0 Å². The molecule has 0 N–H and O–H groups in total. The third kappa shape index (κ3) is 4.32. The smallest absolute Gasteiger partial charge is 0.257 e. The van der Waals surface area contributed by atoms with Gasteiger partial charge < -0.3 is 9.80 Å². The molecule has 1 fully saturated rings. The van der Waals surface area contributed by atoms with Crippen LogP contribution in [0.2, 0.25) is 5.02 Å². The number of rotatable bonds is 3. The van der Waals surface area contributed by atoms with Gasteiger partial charge in [-0.05, 0) is 43.7 Å². The van der Waals surface area contributed by atoms with Gasteiger partial charge in [0, 0.05) is 31.2 Å². The summed E-state index contributed by atoms with van der Waals surface area (Å²) in [5.74, 6) is -1.02. The van der Waals surface area contributed by atoms with E-state index in [1.54, 1.807) is 44.9 Å². The molecule has 0 saturated carbocycles. The summed E-state index contributed by atoms with van der Waals surface area (Å²) >= 11 is 6.08. The number of benzene rings is 2. The number of nitrogens with zero attached hydrogens (tertiary/aromatic N) is 4. The van der Waals surface area contributed by atoms with Crippen molar-refractivity contribution in [3.05, 3.63) is 82.4 Å². The molecule has 1 aromatic heterocycles. The Morgan fingerprint density at radius 1 is 0.935 bits per heavy atom. The maximum absolute atomic E-state index is 14.0. The van der Waals surface area contributed by atoms with Gasteiger partial charge in [0.25, 0.3) is 11.8 Å². The SMILES string of the molecule is Cc1c(C(=O)N2CCCN(C(=O)c3ccccc3F)CC2)cnn1-c1cccc(Cl)c1. The van der Waals surface area contributed by atoms with Gasteiger partial charge in [-0.3, -0.25) is 9.59 Å². The minimum atomic E-state index is -0.534.